The van der Waals surface area contributed by atoms with E-state index in [0.29, 0.717) is 0 Å². The summed E-state index contributed by atoms with van der Waals surface area (Å²) in [6.45, 7) is 0. The van der Waals surface area contributed by atoms with E-state index in [1.807, 2.05) is 6.07 Å². The average molecular weight is 171 g/mol. The number of hydrogen-bond donors (Lipinski definition) is 1. The number of imidazole rings is 1. The maximum absolute atomic E-state index is 4.15. The van der Waals surface area contributed by atoms with E-state index in [1.54, 1.807) is 12.4 Å². The minimum absolute atomic E-state index is 0.732. The zero-order chi connectivity index (χ0) is 8.67. The van der Waals surface area contributed by atoms with Gasteiger partial charge in [-0.25, -0.2) is 15.0 Å². The molecule has 3 heterocycles. The standard InChI is InChI=1S/C8H5N5/c1-2-10-7-5(9-1)3-6-8(13-7)12-4-11-6/h1-4H,(H,10,11,12,13). The highest BCUT2D eigenvalue weighted by Gasteiger charge is 2.07. The van der Waals surface area contributed by atoms with Crippen LogP contribution in [-0.2, 0) is 0 Å². The molecule has 2 aliphatic heterocycles. The molecule has 0 saturated heterocycles. The van der Waals surface area contributed by atoms with Crippen molar-refractivity contribution in [3.05, 3.63) is 24.8 Å². The molecule has 13 heavy (non-hydrogen) atoms. The highest BCUT2D eigenvalue weighted by Crippen LogP contribution is 2.17. The van der Waals surface area contributed by atoms with E-state index in [2.05, 4.69) is 24.9 Å². The second-order valence-corrected chi connectivity index (χ2v) is 2.67. The predicted molar refractivity (Wildman–Crippen MR) is 46.1 cm³/mol. The van der Waals surface area contributed by atoms with Crippen LogP contribution < -0.4 is 0 Å². The van der Waals surface area contributed by atoms with E-state index in [4.69, 9.17) is 0 Å². The lowest BCUT2D eigenvalue weighted by atomic mass is 10.3. The minimum atomic E-state index is 0.732. The molecular formula is C8H5N5. The summed E-state index contributed by atoms with van der Waals surface area (Å²) < 4.78 is 0. The lowest BCUT2D eigenvalue weighted by Gasteiger charge is -1.98. The van der Waals surface area contributed by atoms with Gasteiger partial charge in [0.1, 0.15) is 17.5 Å². The number of aromatic nitrogens is 5. The van der Waals surface area contributed by atoms with Crippen molar-refractivity contribution in [2.45, 2.75) is 0 Å². The Morgan fingerprint density at radius 1 is 1.00 bits per heavy atom. The van der Waals surface area contributed by atoms with E-state index >= 15 is 0 Å². The third kappa shape index (κ3) is 0.868. The van der Waals surface area contributed by atoms with Crippen LogP contribution in [0.25, 0.3) is 22.7 Å². The van der Waals surface area contributed by atoms with Crippen molar-refractivity contribution in [2.75, 3.05) is 0 Å². The molecule has 0 atom stereocenters. The second-order valence-electron chi connectivity index (χ2n) is 2.67. The summed E-state index contributed by atoms with van der Waals surface area (Å²) in [5.41, 5.74) is 2.35. The molecule has 0 fully saturated rings. The first-order valence-corrected chi connectivity index (χ1v) is 3.84. The Bertz CT molecular complexity index is 482. The van der Waals surface area contributed by atoms with E-state index in [9.17, 15) is 0 Å². The van der Waals surface area contributed by atoms with Crippen molar-refractivity contribution in [3.8, 4) is 11.5 Å². The molecule has 1 aromatic heterocycles. The number of aromatic amines is 1. The first-order valence-electron chi connectivity index (χ1n) is 3.84. The molecule has 0 amide bonds. The van der Waals surface area contributed by atoms with Gasteiger partial charge < -0.3 is 4.98 Å². The fraction of sp³-hybridized carbons (Fsp3) is 0. The zero-order valence-electron chi connectivity index (χ0n) is 6.60. The fourth-order valence-electron chi connectivity index (χ4n) is 1.27. The van der Waals surface area contributed by atoms with Crippen molar-refractivity contribution < 1.29 is 0 Å². The van der Waals surface area contributed by atoms with Gasteiger partial charge in [-0.2, -0.15) is 0 Å². The molecule has 0 aliphatic carbocycles. The number of rotatable bonds is 0. The molecule has 1 N–H and O–H groups in total. The Morgan fingerprint density at radius 3 is 2.92 bits per heavy atom. The lowest BCUT2D eigenvalue weighted by molar-refractivity contribution is 1.19. The first-order chi connectivity index (χ1) is 6.43. The Balaban J connectivity index is 2.52. The monoisotopic (exact) mass is 171 g/mol. The molecule has 3 rings (SSSR count). The summed E-state index contributed by atoms with van der Waals surface area (Å²) in [6, 6.07) is 1.86. The molecule has 5 nitrogen and oxygen atoms in total. The highest BCUT2D eigenvalue weighted by molar-refractivity contribution is 5.76. The molecule has 0 aromatic carbocycles. The number of H-pyrrole nitrogens is 1. The maximum atomic E-state index is 4.15. The topological polar surface area (TPSA) is 67.3 Å². The summed E-state index contributed by atoms with van der Waals surface area (Å²) in [7, 11) is 0. The Hall–Kier alpha value is -2.04. The van der Waals surface area contributed by atoms with E-state index < -0.39 is 0 Å². The van der Waals surface area contributed by atoms with Gasteiger partial charge in [-0.3, -0.25) is 4.98 Å². The number of fused-ring (bicyclic) bond motifs is 2. The minimum Gasteiger partial charge on any atom is -0.321 e. The van der Waals surface area contributed by atoms with Crippen LogP contribution in [0, 0.1) is 0 Å². The van der Waals surface area contributed by atoms with E-state index in [0.717, 1.165) is 22.7 Å². The quantitative estimate of drug-likeness (QED) is 0.544. The summed E-state index contributed by atoms with van der Waals surface area (Å²) in [5, 5.41) is 0. The summed E-state index contributed by atoms with van der Waals surface area (Å²) >= 11 is 0. The summed E-state index contributed by atoms with van der Waals surface area (Å²) in [5.74, 6) is 0.744. The SMILES string of the molecule is c1nc2cc3nccnc3[nH]c-2n1. The van der Waals surface area contributed by atoms with Gasteiger partial charge in [0, 0.05) is 12.4 Å². The van der Waals surface area contributed by atoms with Crippen LogP contribution in [0.2, 0.25) is 0 Å². The molecule has 5 heteroatoms. The van der Waals surface area contributed by atoms with Crippen LogP contribution >= 0.6 is 0 Å². The van der Waals surface area contributed by atoms with Crippen molar-refractivity contribution in [2.24, 2.45) is 0 Å². The van der Waals surface area contributed by atoms with Crippen LogP contribution in [0.4, 0.5) is 0 Å². The molecule has 0 radical (unpaired) electrons. The zero-order valence-corrected chi connectivity index (χ0v) is 6.60. The summed E-state index contributed by atoms with van der Waals surface area (Å²) in [4.78, 5) is 19.4. The number of nitrogens with zero attached hydrogens (tertiary/aromatic N) is 4. The summed E-state index contributed by atoms with van der Waals surface area (Å²) in [6.07, 6.45) is 4.81. The molecule has 0 unspecified atom stereocenters. The lowest BCUT2D eigenvalue weighted by Crippen LogP contribution is -1.90. The van der Waals surface area contributed by atoms with Crippen LogP contribution in [0.5, 0.6) is 0 Å². The molecule has 0 saturated carbocycles. The highest BCUT2D eigenvalue weighted by atomic mass is 15.0. The molecular weight excluding hydrogens is 166 g/mol. The van der Waals surface area contributed by atoms with E-state index in [-0.39, 0.29) is 0 Å². The van der Waals surface area contributed by atoms with Crippen molar-refractivity contribution in [1.82, 2.24) is 24.9 Å². The van der Waals surface area contributed by atoms with E-state index in [1.165, 1.54) is 6.33 Å². The van der Waals surface area contributed by atoms with Gasteiger partial charge in [0.25, 0.3) is 0 Å². The Labute approximate surface area is 73.2 Å². The van der Waals surface area contributed by atoms with Gasteiger partial charge in [-0.1, -0.05) is 0 Å². The van der Waals surface area contributed by atoms with Gasteiger partial charge in [0.15, 0.2) is 11.5 Å². The molecule has 2 aliphatic rings. The normalized spacial score (nSPS) is 11.1. The number of hydrogen-bond acceptors (Lipinski definition) is 4. The fourth-order valence-corrected chi connectivity index (χ4v) is 1.27. The van der Waals surface area contributed by atoms with Crippen LogP contribution in [0.1, 0.15) is 0 Å². The molecule has 0 spiro atoms. The smallest absolute Gasteiger partial charge is 0.159 e. The molecule has 1 aromatic rings. The van der Waals surface area contributed by atoms with Gasteiger partial charge in [-0.05, 0) is 6.07 Å². The third-order valence-corrected chi connectivity index (χ3v) is 1.86. The van der Waals surface area contributed by atoms with Crippen LogP contribution in [-0.4, -0.2) is 24.9 Å². The molecule has 62 valence electrons. The van der Waals surface area contributed by atoms with Gasteiger partial charge >= 0.3 is 0 Å². The first kappa shape index (κ1) is 6.47. The maximum Gasteiger partial charge on any atom is 0.159 e. The van der Waals surface area contributed by atoms with Crippen LogP contribution in [0.3, 0.4) is 0 Å². The third-order valence-electron chi connectivity index (χ3n) is 1.86. The Morgan fingerprint density at radius 2 is 1.92 bits per heavy atom. The van der Waals surface area contributed by atoms with Crippen molar-refractivity contribution in [3.63, 3.8) is 0 Å². The predicted octanol–water partition coefficient (Wildman–Crippen LogP) is 0.853. The largest absolute Gasteiger partial charge is 0.321 e. The van der Waals surface area contributed by atoms with Crippen molar-refractivity contribution in [1.29, 1.82) is 0 Å². The molecule has 0 bridgehead atoms. The Kier molecular flexibility index (Phi) is 1.11. The second kappa shape index (κ2) is 2.22. The van der Waals surface area contributed by atoms with Gasteiger partial charge in [0.05, 0.1) is 0 Å². The number of pyridine rings is 1. The number of nitrogens with one attached hydrogen (secondary N) is 1. The van der Waals surface area contributed by atoms with Crippen LogP contribution in [0.15, 0.2) is 24.8 Å². The van der Waals surface area contributed by atoms with Crippen molar-refractivity contribution >= 4 is 11.2 Å². The van der Waals surface area contributed by atoms with Gasteiger partial charge in [0.2, 0.25) is 0 Å². The average Bonchev–Trinajstić information content (AvgIpc) is 2.61. The van der Waals surface area contributed by atoms with Gasteiger partial charge in [-0.15, -0.1) is 0 Å².